The van der Waals surface area contributed by atoms with Gasteiger partial charge in [0, 0.05) is 69.1 Å². The van der Waals surface area contributed by atoms with Crippen LogP contribution < -0.4 is 9.47 Å². The van der Waals surface area contributed by atoms with Crippen LogP contribution in [0.15, 0.2) is 48.5 Å². The molecule has 8 heteroatoms. The summed E-state index contributed by atoms with van der Waals surface area (Å²) < 4.78 is 12.0. The number of fused-ring (bicyclic) bond motifs is 8. The van der Waals surface area contributed by atoms with Crippen molar-refractivity contribution in [2.45, 2.75) is 106 Å². The predicted octanol–water partition coefficient (Wildman–Crippen LogP) is 11.9. The van der Waals surface area contributed by atoms with Gasteiger partial charge in [-0.05, 0) is 133 Å². The molecule has 4 aromatic heterocycles. The molecular weight excluding hydrogens is 824 g/mol. The first-order valence-corrected chi connectivity index (χ1v) is 22.8. The zero-order valence-electron chi connectivity index (χ0n) is 34.4. The molecule has 0 saturated heterocycles. The highest BCUT2D eigenvalue weighted by Crippen LogP contribution is 2.43. The molecule has 6 nitrogen and oxygen atoms in total. The van der Waals surface area contributed by atoms with Gasteiger partial charge in [-0.2, -0.15) is 0 Å². The standard InChI is InChI=1S/C48H58Br2N4O2/c1-9-35-27(5)45-43(31-13-17-33(18-14-31)55-23-21-49)46-29(7)37(11-3)41(53-46)26-42-38(12-4)30(8)48(54-42)44(32-15-19-34(20-16-32)56-24-22-50)47-28(6)36(10-2)40(52-47)25-39(35)51-45/h13-20,43-44,51-54H,9-12,21-26H2,1-8H3. The normalized spacial score (nSPS) is 15.4. The molecule has 56 heavy (non-hydrogen) atoms. The van der Waals surface area contributed by atoms with Crippen LogP contribution in [0.5, 0.6) is 11.5 Å². The molecule has 0 saturated carbocycles. The lowest BCUT2D eigenvalue weighted by Gasteiger charge is -2.20. The molecule has 0 fully saturated rings. The maximum atomic E-state index is 6.00. The van der Waals surface area contributed by atoms with Gasteiger partial charge in [-0.1, -0.05) is 83.8 Å². The Labute approximate surface area is 350 Å². The van der Waals surface area contributed by atoms with E-state index in [9.17, 15) is 0 Å². The van der Waals surface area contributed by atoms with E-state index in [0.717, 1.165) is 60.7 Å². The Kier molecular flexibility index (Phi) is 12.5. The minimum Gasteiger partial charge on any atom is -0.493 e. The van der Waals surface area contributed by atoms with E-state index in [1.165, 1.54) is 101 Å². The molecule has 0 radical (unpaired) electrons. The predicted molar refractivity (Wildman–Crippen MR) is 239 cm³/mol. The van der Waals surface area contributed by atoms with Gasteiger partial charge in [0.05, 0.1) is 25.0 Å². The van der Waals surface area contributed by atoms with E-state index in [4.69, 9.17) is 9.47 Å². The van der Waals surface area contributed by atoms with Gasteiger partial charge in [0.1, 0.15) is 11.5 Å². The van der Waals surface area contributed by atoms with E-state index in [-0.39, 0.29) is 11.8 Å². The monoisotopic (exact) mass is 880 g/mol. The molecule has 7 rings (SSSR count). The number of alkyl halides is 2. The van der Waals surface area contributed by atoms with Gasteiger partial charge >= 0.3 is 0 Å². The summed E-state index contributed by atoms with van der Waals surface area (Å²) in [7, 11) is 0. The lowest BCUT2D eigenvalue weighted by Crippen LogP contribution is -2.09. The molecular formula is C48H58Br2N4O2. The van der Waals surface area contributed by atoms with E-state index in [1.54, 1.807) is 0 Å². The van der Waals surface area contributed by atoms with Crippen molar-refractivity contribution >= 4 is 31.9 Å². The maximum Gasteiger partial charge on any atom is 0.119 e. The van der Waals surface area contributed by atoms with Crippen LogP contribution in [-0.2, 0) is 38.5 Å². The Balaban J connectivity index is 1.49. The van der Waals surface area contributed by atoms with E-state index in [2.05, 4.69) is 156 Å². The Morgan fingerprint density at radius 3 is 0.964 bits per heavy atom. The number of H-pyrrole nitrogens is 4. The third-order valence-electron chi connectivity index (χ3n) is 12.4. The topological polar surface area (TPSA) is 81.6 Å². The summed E-state index contributed by atoms with van der Waals surface area (Å²) in [5, 5.41) is 1.60. The van der Waals surface area contributed by atoms with Crippen molar-refractivity contribution < 1.29 is 9.47 Å². The Morgan fingerprint density at radius 2 is 0.732 bits per heavy atom. The number of hydrogen-bond acceptors (Lipinski definition) is 2. The summed E-state index contributed by atoms with van der Waals surface area (Å²) in [6, 6.07) is 17.6. The van der Waals surface area contributed by atoms with Gasteiger partial charge in [0.2, 0.25) is 0 Å². The van der Waals surface area contributed by atoms with Crippen LogP contribution in [-0.4, -0.2) is 43.8 Å². The molecule has 0 unspecified atom stereocenters. The maximum absolute atomic E-state index is 6.00. The molecule has 8 bridgehead atoms. The van der Waals surface area contributed by atoms with E-state index >= 15 is 0 Å². The average Bonchev–Trinajstić information content (AvgIpc) is 3.90. The third-order valence-corrected chi connectivity index (χ3v) is 13.1. The second-order valence-corrected chi connectivity index (χ2v) is 16.9. The summed E-state index contributed by atoms with van der Waals surface area (Å²) in [5.41, 5.74) is 23.8. The van der Waals surface area contributed by atoms with Crippen molar-refractivity contribution in [2.75, 3.05) is 23.9 Å². The van der Waals surface area contributed by atoms with Gasteiger partial charge in [-0.25, -0.2) is 0 Å². The summed E-state index contributed by atoms with van der Waals surface area (Å²) in [6.45, 7) is 19.8. The van der Waals surface area contributed by atoms with Gasteiger partial charge in [0.15, 0.2) is 0 Å². The van der Waals surface area contributed by atoms with Crippen molar-refractivity contribution in [1.29, 1.82) is 0 Å². The average molecular weight is 883 g/mol. The molecule has 0 atom stereocenters. The molecule has 296 valence electrons. The molecule has 5 heterocycles. The quantitative estimate of drug-likeness (QED) is 0.0922. The number of ether oxygens (including phenoxy) is 2. The van der Waals surface area contributed by atoms with Crippen molar-refractivity contribution in [3.8, 4) is 11.5 Å². The minimum absolute atomic E-state index is 0.00950. The van der Waals surface area contributed by atoms with Gasteiger partial charge < -0.3 is 29.4 Å². The fourth-order valence-corrected chi connectivity index (χ4v) is 10.0. The van der Waals surface area contributed by atoms with E-state index < -0.39 is 0 Å². The summed E-state index contributed by atoms with van der Waals surface area (Å²) in [6.07, 6.45) is 5.48. The molecule has 0 aliphatic carbocycles. The SMILES string of the molecule is CCc1c2[nH]c(c1C)C(c1ccc(OCCBr)cc1)c1[nH]c(c(CC)c1C)Cc1[nH]c(c(C)c1CC)C(c1ccc(OCCBr)cc1)c1[nH]c(c(CC)c1C)C2. The fourth-order valence-electron chi connectivity index (χ4n) is 9.69. The van der Waals surface area contributed by atoms with Crippen molar-refractivity contribution in [3.63, 3.8) is 0 Å². The second-order valence-electron chi connectivity index (χ2n) is 15.3. The van der Waals surface area contributed by atoms with Crippen molar-refractivity contribution in [2.24, 2.45) is 0 Å². The Bertz CT molecular complexity index is 2020. The molecule has 0 spiro atoms. The fraction of sp³-hybridized carbons (Fsp3) is 0.417. The number of halogens is 2. The zero-order chi connectivity index (χ0) is 39.7. The van der Waals surface area contributed by atoms with Crippen molar-refractivity contribution in [1.82, 2.24) is 19.9 Å². The first-order chi connectivity index (χ1) is 27.2. The van der Waals surface area contributed by atoms with Gasteiger partial charge in [0.25, 0.3) is 0 Å². The first kappa shape index (κ1) is 40.3. The van der Waals surface area contributed by atoms with Gasteiger partial charge in [-0.3, -0.25) is 0 Å². The number of benzene rings is 2. The van der Waals surface area contributed by atoms with E-state index in [1.807, 2.05) is 0 Å². The Morgan fingerprint density at radius 1 is 0.464 bits per heavy atom. The van der Waals surface area contributed by atoms with Crippen LogP contribution >= 0.6 is 31.9 Å². The highest BCUT2D eigenvalue weighted by atomic mass is 79.9. The summed E-state index contributed by atoms with van der Waals surface area (Å²) in [5.74, 6) is 1.81. The molecule has 1 aliphatic rings. The summed E-state index contributed by atoms with van der Waals surface area (Å²) >= 11 is 7.02. The Hall–Kier alpha value is -3.88. The number of rotatable bonds is 12. The molecule has 2 aromatic carbocycles. The van der Waals surface area contributed by atoms with Crippen LogP contribution in [0.2, 0.25) is 0 Å². The van der Waals surface area contributed by atoms with Crippen LogP contribution in [0.3, 0.4) is 0 Å². The number of hydrogen-bond donors (Lipinski definition) is 4. The number of nitrogens with one attached hydrogen (secondary N) is 4. The van der Waals surface area contributed by atoms with Gasteiger partial charge in [-0.15, -0.1) is 0 Å². The largest absolute Gasteiger partial charge is 0.493 e. The van der Waals surface area contributed by atoms with Crippen LogP contribution in [0.1, 0.15) is 141 Å². The third kappa shape index (κ3) is 7.37. The molecule has 0 amide bonds. The highest BCUT2D eigenvalue weighted by molar-refractivity contribution is 9.09. The van der Waals surface area contributed by atoms with E-state index in [0.29, 0.717) is 13.2 Å². The first-order valence-electron chi connectivity index (χ1n) is 20.6. The highest BCUT2D eigenvalue weighted by Gasteiger charge is 2.32. The van der Waals surface area contributed by atoms with Crippen LogP contribution in [0.4, 0.5) is 0 Å². The number of aromatic nitrogens is 4. The second kappa shape index (κ2) is 17.3. The van der Waals surface area contributed by atoms with Crippen molar-refractivity contribution in [3.05, 3.63) is 150 Å². The smallest absolute Gasteiger partial charge is 0.119 e. The zero-order valence-corrected chi connectivity index (χ0v) is 37.6. The lowest BCUT2D eigenvalue weighted by atomic mass is 9.87. The lowest BCUT2D eigenvalue weighted by molar-refractivity contribution is 0.345. The molecule has 1 aliphatic heterocycles. The summed E-state index contributed by atoms with van der Waals surface area (Å²) in [4.78, 5) is 16.4. The number of aromatic amines is 4. The molecule has 6 aromatic rings. The van der Waals surface area contributed by atoms with Crippen LogP contribution in [0.25, 0.3) is 0 Å². The van der Waals surface area contributed by atoms with Crippen LogP contribution in [0, 0.1) is 27.7 Å². The molecule has 4 N–H and O–H groups in total. The minimum atomic E-state index is 0.00950.